The predicted molar refractivity (Wildman–Crippen MR) is 192 cm³/mol. The SMILES string of the molecule is O=C1CCCc2cc3c(cnn3-c3ccc(F)cc3)cc2C1.O=C1CCCc2cc3c(cnn3-c3ccc(F)cc3)cc2C1Cc1ccccn1. The van der Waals surface area contributed by atoms with Crippen LogP contribution in [0.5, 0.6) is 0 Å². The fourth-order valence-electron chi connectivity index (χ4n) is 7.34. The predicted octanol–water partition coefficient (Wildman–Crippen LogP) is 8.40. The topological polar surface area (TPSA) is 82.7 Å². The Morgan fingerprint density at radius 2 is 1.25 bits per heavy atom. The van der Waals surface area contributed by atoms with E-state index in [0.717, 1.165) is 75.7 Å². The minimum atomic E-state index is -0.269. The lowest BCUT2D eigenvalue weighted by atomic mass is 9.87. The molecule has 7 nitrogen and oxygen atoms in total. The van der Waals surface area contributed by atoms with E-state index in [-0.39, 0.29) is 23.3 Å². The molecule has 0 radical (unpaired) electrons. The number of aryl methyl sites for hydroxylation is 2. The highest BCUT2D eigenvalue weighted by atomic mass is 19.1. The summed E-state index contributed by atoms with van der Waals surface area (Å²) < 4.78 is 30.0. The number of aromatic nitrogens is 5. The van der Waals surface area contributed by atoms with Crippen LogP contribution < -0.4 is 0 Å². The second-order valence-electron chi connectivity index (χ2n) is 13.3. The number of Topliss-reactive ketones (excluding diaryl/α,β-unsaturated/α-hetero) is 2. The van der Waals surface area contributed by atoms with Crippen molar-refractivity contribution in [3.8, 4) is 11.4 Å². The largest absolute Gasteiger partial charge is 0.299 e. The lowest BCUT2D eigenvalue weighted by Gasteiger charge is -2.17. The van der Waals surface area contributed by atoms with Gasteiger partial charge in [-0.3, -0.25) is 14.6 Å². The highest BCUT2D eigenvalue weighted by molar-refractivity contribution is 5.90. The first-order valence-corrected chi connectivity index (χ1v) is 17.4. The third kappa shape index (κ3) is 6.71. The molecule has 1 atom stereocenters. The van der Waals surface area contributed by atoms with Gasteiger partial charge in [0.05, 0.1) is 34.8 Å². The molecule has 0 N–H and O–H groups in total. The standard InChI is InChI=1S/C24H20FN3O.C18H15FN2O/c25-18-7-9-20(10-8-18)28-23-13-16-4-3-6-24(29)22(14-19-5-1-2-11-26-19)21(16)12-17(23)15-27-28;19-15-4-6-16(7-5-15)21-18-10-12-2-1-3-17(22)9-13(12)8-14(18)11-20-21/h1-2,5,7-13,15,22H,3-4,6,14H2;4-8,10-11H,1-3,9H2. The molecule has 0 saturated heterocycles. The molecule has 7 aromatic rings. The third-order valence-corrected chi connectivity index (χ3v) is 9.92. The molecule has 51 heavy (non-hydrogen) atoms. The number of benzene rings is 4. The van der Waals surface area contributed by atoms with Crippen molar-refractivity contribution in [1.82, 2.24) is 24.5 Å². The summed E-state index contributed by atoms with van der Waals surface area (Å²) in [5.41, 5.74) is 9.17. The zero-order valence-electron chi connectivity index (χ0n) is 27.9. The maximum Gasteiger partial charge on any atom is 0.140 e. The van der Waals surface area contributed by atoms with Crippen LogP contribution in [0.4, 0.5) is 8.78 Å². The number of hydrogen-bond acceptors (Lipinski definition) is 5. The number of fused-ring (bicyclic) bond motifs is 4. The summed E-state index contributed by atoms with van der Waals surface area (Å²) in [5.74, 6) is -0.118. The molecule has 1 unspecified atom stereocenters. The van der Waals surface area contributed by atoms with Crippen LogP contribution in [-0.2, 0) is 35.3 Å². The summed E-state index contributed by atoms with van der Waals surface area (Å²) in [6, 6.07) is 26.9. The quantitative estimate of drug-likeness (QED) is 0.175. The van der Waals surface area contributed by atoms with Gasteiger partial charge < -0.3 is 0 Å². The molecule has 0 aliphatic heterocycles. The summed E-state index contributed by atoms with van der Waals surface area (Å²) in [4.78, 5) is 29.1. The van der Waals surface area contributed by atoms with Gasteiger partial charge in [0, 0.05) is 54.3 Å². The van der Waals surface area contributed by atoms with Crippen molar-refractivity contribution in [3.63, 3.8) is 0 Å². The minimum absolute atomic E-state index is 0.180. The van der Waals surface area contributed by atoms with Gasteiger partial charge in [0.1, 0.15) is 23.2 Å². The van der Waals surface area contributed by atoms with Gasteiger partial charge in [0.2, 0.25) is 0 Å². The minimum Gasteiger partial charge on any atom is -0.299 e. The van der Waals surface area contributed by atoms with Gasteiger partial charge >= 0.3 is 0 Å². The second-order valence-corrected chi connectivity index (χ2v) is 13.3. The zero-order chi connectivity index (χ0) is 34.9. The monoisotopic (exact) mass is 679 g/mol. The lowest BCUT2D eigenvalue weighted by molar-refractivity contribution is -0.120. The van der Waals surface area contributed by atoms with Crippen molar-refractivity contribution in [2.45, 2.75) is 57.3 Å². The number of carbonyl (C=O) groups excluding carboxylic acids is 2. The maximum absolute atomic E-state index is 13.3. The Morgan fingerprint density at radius 1 is 0.647 bits per heavy atom. The molecule has 0 bridgehead atoms. The molecular weight excluding hydrogens is 644 g/mol. The lowest BCUT2D eigenvalue weighted by Crippen LogP contribution is -2.15. The molecule has 3 aromatic heterocycles. The Labute approximate surface area is 293 Å². The van der Waals surface area contributed by atoms with Crippen molar-refractivity contribution in [3.05, 3.63) is 149 Å². The Hall–Kier alpha value is -5.83. The molecule has 0 amide bonds. The van der Waals surface area contributed by atoms with Crippen molar-refractivity contribution < 1.29 is 18.4 Å². The average Bonchev–Trinajstić information content (AvgIpc) is 3.65. The molecule has 0 fully saturated rings. The van der Waals surface area contributed by atoms with Gasteiger partial charge in [-0.15, -0.1) is 0 Å². The third-order valence-electron chi connectivity index (χ3n) is 9.92. The average molecular weight is 680 g/mol. The van der Waals surface area contributed by atoms with Gasteiger partial charge in [-0.2, -0.15) is 10.2 Å². The molecule has 2 aliphatic rings. The number of nitrogens with zero attached hydrogens (tertiary/aromatic N) is 5. The van der Waals surface area contributed by atoms with E-state index in [1.807, 2.05) is 33.8 Å². The van der Waals surface area contributed by atoms with E-state index in [2.05, 4.69) is 39.4 Å². The Kier molecular flexibility index (Phi) is 8.78. The molecule has 3 heterocycles. The summed E-state index contributed by atoms with van der Waals surface area (Å²) in [6.07, 6.45) is 11.3. The van der Waals surface area contributed by atoms with E-state index >= 15 is 0 Å². The molecular formula is C42H35F2N5O2. The van der Waals surface area contributed by atoms with Crippen LogP contribution in [0, 0.1) is 11.6 Å². The molecule has 9 heteroatoms. The number of carbonyl (C=O) groups is 2. The van der Waals surface area contributed by atoms with Crippen LogP contribution in [0.3, 0.4) is 0 Å². The van der Waals surface area contributed by atoms with E-state index in [9.17, 15) is 18.4 Å². The number of ketones is 2. The maximum atomic E-state index is 13.3. The fourth-order valence-corrected chi connectivity index (χ4v) is 7.34. The molecule has 2 aliphatic carbocycles. The highest BCUT2D eigenvalue weighted by Crippen LogP contribution is 2.34. The van der Waals surface area contributed by atoms with Crippen LogP contribution in [0.1, 0.15) is 59.5 Å². The van der Waals surface area contributed by atoms with Gasteiger partial charge in [-0.05, 0) is 133 Å². The van der Waals surface area contributed by atoms with Gasteiger partial charge in [0.25, 0.3) is 0 Å². The number of pyridine rings is 1. The van der Waals surface area contributed by atoms with E-state index in [1.165, 1.54) is 35.4 Å². The first-order valence-electron chi connectivity index (χ1n) is 17.4. The zero-order valence-corrected chi connectivity index (χ0v) is 27.9. The van der Waals surface area contributed by atoms with Gasteiger partial charge in [-0.25, -0.2) is 18.1 Å². The summed E-state index contributed by atoms with van der Waals surface area (Å²) in [5, 5.41) is 10.9. The van der Waals surface area contributed by atoms with E-state index in [1.54, 1.807) is 36.7 Å². The smallest absolute Gasteiger partial charge is 0.140 e. The van der Waals surface area contributed by atoms with E-state index < -0.39 is 0 Å². The van der Waals surface area contributed by atoms with Crippen LogP contribution in [0.15, 0.2) is 110 Å². The number of halogens is 2. The number of rotatable bonds is 4. The molecule has 4 aromatic carbocycles. The van der Waals surface area contributed by atoms with Crippen molar-refractivity contribution in [2.75, 3.05) is 0 Å². The van der Waals surface area contributed by atoms with E-state index in [0.29, 0.717) is 31.5 Å². The first kappa shape index (κ1) is 32.4. The van der Waals surface area contributed by atoms with Crippen LogP contribution >= 0.6 is 0 Å². The fraction of sp³-hybridized carbons (Fsp3) is 0.214. The molecule has 0 saturated carbocycles. The van der Waals surface area contributed by atoms with Gasteiger partial charge in [0.15, 0.2) is 0 Å². The summed E-state index contributed by atoms with van der Waals surface area (Å²) in [6.45, 7) is 0. The molecule has 9 rings (SSSR count). The van der Waals surface area contributed by atoms with Crippen LogP contribution in [0.2, 0.25) is 0 Å². The Balaban J connectivity index is 0.000000152. The van der Waals surface area contributed by atoms with Crippen LogP contribution in [0.25, 0.3) is 33.2 Å². The Morgan fingerprint density at radius 3 is 1.90 bits per heavy atom. The Bertz CT molecular complexity index is 2380. The van der Waals surface area contributed by atoms with E-state index in [4.69, 9.17) is 0 Å². The van der Waals surface area contributed by atoms with Crippen LogP contribution in [-0.4, -0.2) is 36.1 Å². The second kappa shape index (κ2) is 13.8. The first-order chi connectivity index (χ1) is 24.9. The molecule has 0 spiro atoms. The van der Waals surface area contributed by atoms with Crippen molar-refractivity contribution in [2.24, 2.45) is 0 Å². The molecule has 254 valence electrons. The van der Waals surface area contributed by atoms with Crippen molar-refractivity contribution in [1.29, 1.82) is 0 Å². The number of hydrogen-bond donors (Lipinski definition) is 0. The van der Waals surface area contributed by atoms with Gasteiger partial charge in [-0.1, -0.05) is 6.07 Å². The van der Waals surface area contributed by atoms with Crippen molar-refractivity contribution >= 4 is 33.4 Å². The summed E-state index contributed by atoms with van der Waals surface area (Å²) >= 11 is 0. The normalized spacial score (nSPS) is 15.8. The summed E-state index contributed by atoms with van der Waals surface area (Å²) in [7, 11) is 0. The highest BCUT2D eigenvalue weighted by Gasteiger charge is 2.27.